The number of rotatable bonds is 3. The van der Waals surface area contributed by atoms with Crippen molar-refractivity contribution in [3.63, 3.8) is 0 Å². The Hall–Kier alpha value is -1.92. The third kappa shape index (κ3) is 2.71. The monoisotopic (exact) mass is 339 g/mol. The third-order valence-corrected chi connectivity index (χ3v) is 5.16. The van der Waals surface area contributed by atoms with Crippen LogP contribution in [0, 0.1) is 13.8 Å². The molecule has 0 unspecified atom stereocenters. The average Bonchev–Trinajstić information content (AvgIpc) is 2.88. The second kappa shape index (κ2) is 5.37. The number of anilines is 1. The maximum absolute atomic E-state index is 12.6. The Kier molecular flexibility index (Phi) is 3.66. The number of sulfonamides is 1. The number of halogens is 1. The lowest BCUT2D eigenvalue weighted by atomic mass is 10.2. The first-order valence-corrected chi connectivity index (χ1v) is 8.42. The lowest BCUT2D eigenvalue weighted by molar-refractivity contribution is 0.174. The van der Waals surface area contributed by atoms with Gasteiger partial charge in [-0.15, -0.1) is 0 Å². The average molecular weight is 340 g/mol. The topological polar surface area (TPSA) is 64.6 Å². The normalized spacial score (nSPS) is 13.2. The zero-order chi connectivity index (χ0) is 15.9. The summed E-state index contributed by atoms with van der Waals surface area (Å²) < 4.78 is 38.1. The van der Waals surface area contributed by atoms with E-state index in [1.807, 2.05) is 13.0 Å². The van der Waals surface area contributed by atoms with Crippen molar-refractivity contribution in [3.8, 4) is 11.5 Å². The van der Waals surface area contributed by atoms with Crippen LogP contribution < -0.4 is 14.2 Å². The minimum Gasteiger partial charge on any atom is -0.454 e. The molecular formula is C15H14ClNO4S. The molecule has 2 aromatic carbocycles. The number of hydrogen-bond acceptors (Lipinski definition) is 4. The fourth-order valence-electron chi connectivity index (χ4n) is 2.19. The van der Waals surface area contributed by atoms with Gasteiger partial charge in [-0.25, -0.2) is 8.42 Å². The van der Waals surface area contributed by atoms with E-state index in [2.05, 4.69) is 4.72 Å². The first kappa shape index (κ1) is 15.0. The summed E-state index contributed by atoms with van der Waals surface area (Å²) in [5.41, 5.74) is 1.78. The Morgan fingerprint density at radius 1 is 1.09 bits per heavy atom. The Morgan fingerprint density at radius 3 is 2.50 bits per heavy atom. The van der Waals surface area contributed by atoms with Gasteiger partial charge in [0.1, 0.15) is 0 Å². The molecule has 1 heterocycles. The highest BCUT2D eigenvalue weighted by molar-refractivity contribution is 7.92. The Labute approximate surface area is 133 Å². The van der Waals surface area contributed by atoms with Crippen molar-refractivity contribution >= 4 is 27.3 Å². The molecule has 0 fully saturated rings. The molecule has 0 spiro atoms. The first-order valence-electron chi connectivity index (χ1n) is 6.56. The van der Waals surface area contributed by atoms with Crippen molar-refractivity contribution in [1.29, 1.82) is 0 Å². The number of benzene rings is 2. The third-order valence-electron chi connectivity index (χ3n) is 3.34. The summed E-state index contributed by atoms with van der Waals surface area (Å²) in [6.07, 6.45) is 0. The van der Waals surface area contributed by atoms with Crippen molar-refractivity contribution in [3.05, 3.63) is 46.5 Å². The van der Waals surface area contributed by atoms with Crippen LogP contribution in [0.15, 0.2) is 35.2 Å². The largest absolute Gasteiger partial charge is 0.454 e. The highest BCUT2D eigenvalue weighted by Gasteiger charge is 2.22. The summed E-state index contributed by atoms with van der Waals surface area (Å²) in [5, 5.41) is 0.248. The van der Waals surface area contributed by atoms with Gasteiger partial charge in [-0.05, 0) is 31.0 Å². The number of hydrogen-bond donors (Lipinski definition) is 1. The summed E-state index contributed by atoms with van der Waals surface area (Å²) in [4.78, 5) is 0.223. The lowest BCUT2D eigenvalue weighted by Gasteiger charge is -2.12. The van der Waals surface area contributed by atoms with Gasteiger partial charge >= 0.3 is 0 Å². The minimum absolute atomic E-state index is 0.0961. The quantitative estimate of drug-likeness (QED) is 0.929. The molecule has 0 bridgehead atoms. The van der Waals surface area contributed by atoms with Gasteiger partial charge < -0.3 is 9.47 Å². The standard InChI is InChI=1S/C15H14ClNO4S/c1-9-3-4-10(2)15(5-9)22(18,19)17-12-7-14-13(6-11(12)16)20-8-21-14/h3-7,17H,8H2,1-2H3. The van der Waals surface area contributed by atoms with Crippen LogP contribution >= 0.6 is 11.6 Å². The molecule has 0 amide bonds. The molecule has 0 aliphatic carbocycles. The number of aryl methyl sites for hydroxylation is 2. The van der Waals surface area contributed by atoms with Crippen LogP contribution in [0.4, 0.5) is 5.69 Å². The minimum atomic E-state index is -3.74. The lowest BCUT2D eigenvalue weighted by Crippen LogP contribution is -2.14. The Bertz CT molecular complexity index is 849. The van der Waals surface area contributed by atoms with Crippen LogP contribution in [0.3, 0.4) is 0 Å². The highest BCUT2D eigenvalue weighted by atomic mass is 35.5. The van der Waals surface area contributed by atoms with Gasteiger partial charge in [-0.2, -0.15) is 0 Å². The van der Waals surface area contributed by atoms with Crippen LogP contribution in [0.25, 0.3) is 0 Å². The molecule has 5 nitrogen and oxygen atoms in total. The highest BCUT2D eigenvalue weighted by Crippen LogP contribution is 2.40. The van der Waals surface area contributed by atoms with Gasteiger partial charge in [-0.1, -0.05) is 23.7 Å². The van der Waals surface area contributed by atoms with Crippen molar-refractivity contribution < 1.29 is 17.9 Å². The van der Waals surface area contributed by atoms with E-state index >= 15 is 0 Å². The zero-order valence-corrected chi connectivity index (χ0v) is 13.6. The van der Waals surface area contributed by atoms with E-state index in [4.69, 9.17) is 21.1 Å². The predicted octanol–water partition coefficient (Wildman–Crippen LogP) is 3.49. The molecule has 0 atom stereocenters. The van der Waals surface area contributed by atoms with E-state index in [1.54, 1.807) is 19.1 Å². The van der Waals surface area contributed by atoms with Crippen molar-refractivity contribution in [1.82, 2.24) is 0 Å². The zero-order valence-electron chi connectivity index (χ0n) is 12.0. The fraction of sp³-hybridized carbons (Fsp3) is 0.200. The molecule has 116 valence electrons. The smallest absolute Gasteiger partial charge is 0.262 e. The molecule has 0 saturated heterocycles. The maximum Gasteiger partial charge on any atom is 0.262 e. The molecular weight excluding hydrogens is 326 g/mol. The van der Waals surface area contributed by atoms with E-state index in [0.717, 1.165) is 5.56 Å². The first-order chi connectivity index (χ1) is 10.4. The van der Waals surface area contributed by atoms with Gasteiger partial charge in [0.25, 0.3) is 10.0 Å². The van der Waals surface area contributed by atoms with Crippen molar-refractivity contribution in [2.24, 2.45) is 0 Å². The molecule has 1 aliphatic rings. The summed E-state index contributed by atoms with van der Waals surface area (Å²) in [5.74, 6) is 0.961. The summed E-state index contributed by atoms with van der Waals surface area (Å²) in [6, 6.07) is 8.31. The molecule has 2 aromatic rings. The maximum atomic E-state index is 12.6. The van der Waals surface area contributed by atoms with E-state index < -0.39 is 10.0 Å². The van der Waals surface area contributed by atoms with E-state index in [9.17, 15) is 8.42 Å². The van der Waals surface area contributed by atoms with Crippen LogP contribution in [-0.4, -0.2) is 15.2 Å². The number of fused-ring (bicyclic) bond motifs is 1. The van der Waals surface area contributed by atoms with E-state index in [0.29, 0.717) is 17.1 Å². The molecule has 22 heavy (non-hydrogen) atoms. The predicted molar refractivity (Wildman–Crippen MR) is 84.3 cm³/mol. The van der Waals surface area contributed by atoms with Gasteiger partial charge in [0.15, 0.2) is 11.5 Å². The molecule has 1 N–H and O–H groups in total. The van der Waals surface area contributed by atoms with Crippen molar-refractivity contribution in [2.45, 2.75) is 18.7 Å². The Balaban J connectivity index is 2.00. The van der Waals surface area contributed by atoms with E-state index in [-0.39, 0.29) is 22.4 Å². The second-order valence-electron chi connectivity index (χ2n) is 5.06. The van der Waals surface area contributed by atoms with Gasteiger partial charge in [0.05, 0.1) is 15.6 Å². The van der Waals surface area contributed by atoms with Crippen LogP contribution in [0.1, 0.15) is 11.1 Å². The molecule has 7 heteroatoms. The fourth-order valence-corrected chi connectivity index (χ4v) is 3.85. The van der Waals surface area contributed by atoms with Crippen molar-refractivity contribution in [2.75, 3.05) is 11.5 Å². The SMILES string of the molecule is Cc1ccc(C)c(S(=O)(=O)Nc2cc3c(cc2Cl)OCO3)c1. The van der Waals surface area contributed by atoms with Crippen LogP contribution in [0.5, 0.6) is 11.5 Å². The summed E-state index contributed by atoms with van der Waals surface area (Å²) in [7, 11) is -3.74. The van der Waals surface area contributed by atoms with Gasteiger partial charge in [0, 0.05) is 12.1 Å². The van der Waals surface area contributed by atoms with Gasteiger partial charge in [-0.3, -0.25) is 4.72 Å². The van der Waals surface area contributed by atoms with E-state index in [1.165, 1.54) is 12.1 Å². The number of ether oxygens (including phenoxy) is 2. The summed E-state index contributed by atoms with van der Waals surface area (Å²) >= 11 is 6.11. The molecule has 1 aliphatic heterocycles. The molecule has 0 saturated carbocycles. The summed E-state index contributed by atoms with van der Waals surface area (Å²) in [6.45, 7) is 3.68. The van der Waals surface area contributed by atoms with Crippen LogP contribution in [0.2, 0.25) is 5.02 Å². The van der Waals surface area contributed by atoms with Crippen LogP contribution in [-0.2, 0) is 10.0 Å². The molecule has 0 aromatic heterocycles. The Morgan fingerprint density at radius 2 is 1.77 bits per heavy atom. The van der Waals surface area contributed by atoms with Gasteiger partial charge in [0.2, 0.25) is 6.79 Å². The number of nitrogens with one attached hydrogen (secondary N) is 1. The second-order valence-corrected chi connectivity index (χ2v) is 7.12. The molecule has 3 rings (SSSR count). The molecule has 0 radical (unpaired) electrons.